The number of carbonyl (C=O) groups excluding carboxylic acids is 1. The fourth-order valence-electron chi connectivity index (χ4n) is 2.01. The van der Waals surface area contributed by atoms with Crippen LogP contribution >= 0.6 is 11.6 Å². The topological polar surface area (TPSA) is 77.5 Å². The van der Waals surface area contributed by atoms with Gasteiger partial charge in [-0.15, -0.1) is 6.58 Å². The summed E-state index contributed by atoms with van der Waals surface area (Å²) in [5.41, 5.74) is -0.137. The van der Waals surface area contributed by atoms with Crippen molar-refractivity contribution in [2.24, 2.45) is 0 Å². The number of sulfonamides is 1. The van der Waals surface area contributed by atoms with Gasteiger partial charge in [0, 0.05) is 0 Å². The molecule has 8 heteroatoms. The number of carboxylic acid groups (broad SMARTS) is 1. The van der Waals surface area contributed by atoms with Crippen LogP contribution in [0, 0.1) is 5.82 Å². The lowest BCUT2D eigenvalue weighted by Gasteiger charge is -2.24. The van der Waals surface area contributed by atoms with Gasteiger partial charge in [0.25, 0.3) is 10.0 Å². The second kappa shape index (κ2) is 7.02. The second-order valence-corrected chi connectivity index (χ2v) is 6.97. The minimum atomic E-state index is -4.20. The van der Waals surface area contributed by atoms with E-state index in [4.69, 9.17) is 11.6 Å². The van der Waals surface area contributed by atoms with Gasteiger partial charge >= 0.3 is 0 Å². The summed E-state index contributed by atoms with van der Waals surface area (Å²) in [6, 6.07) is 8.02. The molecular weight excluding hydrogens is 357 g/mol. The highest BCUT2D eigenvalue weighted by Gasteiger charge is 2.27. The van der Waals surface area contributed by atoms with E-state index in [1.165, 1.54) is 18.2 Å². The van der Waals surface area contributed by atoms with E-state index in [1.807, 2.05) is 0 Å². The van der Waals surface area contributed by atoms with Gasteiger partial charge < -0.3 is 9.90 Å². The number of nitrogens with zero attached hydrogens (tertiary/aromatic N) is 1. The van der Waals surface area contributed by atoms with Crippen LogP contribution < -0.4 is 9.41 Å². The summed E-state index contributed by atoms with van der Waals surface area (Å²) in [5, 5.41) is 10.8. The van der Waals surface area contributed by atoms with Crippen LogP contribution in [0.15, 0.2) is 60.0 Å². The third-order valence-electron chi connectivity index (χ3n) is 3.14. The van der Waals surface area contributed by atoms with Gasteiger partial charge in [0.15, 0.2) is 0 Å². The summed E-state index contributed by atoms with van der Waals surface area (Å²) in [5.74, 6) is -2.05. The number of benzene rings is 2. The molecule has 0 amide bonds. The molecule has 0 heterocycles. The lowest BCUT2D eigenvalue weighted by molar-refractivity contribution is -0.255. The van der Waals surface area contributed by atoms with Crippen molar-refractivity contribution in [2.45, 2.75) is 4.90 Å². The van der Waals surface area contributed by atoms with Crippen LogP contribution in [-0.4, -0.2) is 20.9 Å². The molecule has 0 radical (unpaired) electrons. The van der Waals surface area contributed by atoms with Gasteiger partial charge in [-0.3, -0.25) is 4.31 Å². The zero-order valence-electron chi connectivity index (χ0n) is 12.3. The molecule has 5 nitrogen and oxygen atoms in total. The summed E-state index contributed by atoms with van der Waals surface area (Å²) in [7, 11) is -4.20. The molecule has 0 aliphatic rings. The zero-order chi connectivity index (χ0) is 17.9. The number of anilines is 1. The van der Waals surface area contributed by atoms with E-state index in [0.29, 0.717) is 0 Å². The highest BCUT2D eigenvalue weighted by molar-refractivity contribution is 7.93. The first kappa shape index (κ1) is 18.0. The van der Waals surface area contributed by atoms with Crippen molar-refractivity contribution in [2.75, 3.05) is 10.8 Å². The Morgan fingerprint density at radius 3 is 2.42 bits per heavy atom. The Kier molecular flexibility index (Phi) is 5.26. The molecule has 0 N–H and O–H groups in total. The standard InChI is InChI=1S/C16H13ClFNO4S/c1-2-9-19(13-6-4-12(18)5-7-13)24(22,23)15-10-11(16(20)21)3-8-14(15)17/h2-8,10H,1,9H2,(H,20,21)/p-1. The SMILES string of the molecule is C=CCN(c1ccc(F)cc1)S(=O)(=O)c1cc(C(=O)[O-])ccc1Cl. The molecule has 0 spiro atoms. The minimum absolute atomic E-state index is 0.111. The molecule has 0 fully saturated rings. The quantitative estimate of drug-likeness (QED) is 0.732. The number of halogens is 2. The van der Waals surface area contributed by atoms with Crippen molar-refractivity contribution in [3.05, 3.63) is 71.5 Å². The normalized spacial score (nSPS) is 11.1. The van der Waals surface area contributed by atoms with Crippen molar-refractivity contribution in [1.82, 2.24) is 0 Å². The molecule has 2 aromatic carbocycles. The Bertz CT molecular complexity index is 881. The molecule has 0 atom stereocenters. The van der Waals surface area contributed by atoms with Crippen LogP contribution in [0.4, 0.5) is 10.1 Å². The minimum Gasteiger partial charge on any atom is -0.545 e. The fraction of sp³-hybridized carbons (Fsp3) is 0.0625. The molecule has 0 unspecified atom stereocenters. The van der Waals surface area contributed by atoms with E-state index in [0.717, 1.165) is 34.6 Å². The predicted octanol–water partition coefficient (Wildman–Crippen LogP) is 2.22. The molecule has 0 saturated carbocycles. The molecule has 0 aliphatic carbocycles. The van der Waals surface area contributed by atoms with Crippen molar-refractivity contribution < 1.29 is 22.7 Å². The molecule has 24 heavy (non-hydrogen) atoms. The number of carbonyl (C=O) groups is 1. The monoisotopic (exact) mass is 368 g/mol. The van der Waals surface area contributed by atoms with E-state index >= 15 is 0 Å². The van der Waals surface area contributed by atoms with Gasteiger partial charge in [-0.1, -0.05) is 23.7 Å². The Hall–Kier alpha value is -2.38. The molecule has 0 bridgehead atoms. The molecule has 0 saturated heterocycles. The van der Waals surface area contributed by atoms with Gasteiger partial charge in [0.2, 0.25) is 0 Å². The Labute approximate surface area is 143 Å². The summed E-state index contributed by atoms with van der Waals surface area (Å²) in [6.45, 7) is 3.39. The Balaban J connectivity index is 2.60. The van der Waals surface area contributed by atoms with Gasteiger partial charge in [0.1, 0.15) is 10.7 Å². The maximum absolute atomic E-state index is 13.1. The summed E-state index contributed by atoms with van der Waals surface area (Å²) in [4.78, 5) is 10.6. The highest BCUT2D eigenvalue weighted by atomic mass is 35.5. The Morgan fingerprint density at radius 2 is 1.88 bits per heavy atom. The van der Waals surface area contributed by atoms with Crippen LogP contribution in [0.3, 0.4) is 0 Å². The molecule has 2 rings (SSSR count). The number of aromatic carboxylic acids is 1. The Morgan fingerprint density at radius 1 is 1.25 bits per heavy atom. The third-order valence-corrected chi connectivity index (χ3v) is 5.42. The maximum Gasteiger partial charge on any atom is 0.266 e. The van der Waals surface area contributed by atoms with Gasteiger partial charge in [0.05, 0.1) is 23.2 Å². The number of rotatable bonds is 6. The van der Waals surface area contributed by atoms with Crippen molar-refractivity contribution >= 4 is 33.3 Å². The number of carboxylic acids is 1. The van der Waals surface area contributed by atoms with E-state index in [-0.39, 0.29) is 22.8 Å². The predicted molar refractivity (Wildman–Crippen MR) is 86.9 cm³/mol. The van der Waals surface area contributed by atoms with E-state index in [9.17, 15) is 22.7 Å². The lowest BCUT2D eigenvalue weighted by Crippen LogP contribution is -2.32. The molecule has 0 aromatic heterocycles. The van der Waals surface area contributed by atoms with E-state index in [1.54, 1.807) is 0 Å². The lowest BCUT2D eigenvalue weighted by atomic mass is 10.2. The molecular formula is C16H12ClFNO4S-. The average Bonchev–Trinajstić information content (AvgIpc) is 2.53. The first-order valence-corrected chi connectivity index (χ1v) is 8.49. The van der Waals surface area contributed by atoms with Crippen molar-refractivity contribution in [1.29, 1.82) is 0 Å². The summed E-state index contributed by atoms with van der Waals surface area (Å²) < 4.78 is 39.8. The van der Waals surface area contributed by atoms with Crippen molar-refractivity contribution in [3.63, 3.8) is 0 Å². The number of hydrogen-bond acceptors (Lipinski definition) is 4. The first-order valence-electron chi connectivity index (χ1n) is 6.67. The van der Waals surface area contributed by atoms with E-state index in [2.05, 4.69) is 6.58 Å². The highest BCUT2D eigenvalue weighted by Crippen LogP contribution is 2.29. The molecule has 126 valence electrons. The van der Waals surface area contributed by atoms with Gasteiger partial charge in [-0.05, 0) is 42.0 Å². The van der Waals surface area contributed by atoms with Crippen molar-refractivity contribution in [3.8, 4) is 0 Å². The van der Waals surface area contributed by atoms with Crippen LogP contribution in [0.5, 0.6) is 0 Å². The third kappa shape index (κ3) is 3.58. The summed E-state index contributed by atoms with van der Waals surface area (Å²) >= 11 is 5.94. The largest absolute Gasteiger partial charge is 0.545 e. The second-order valence-electron chi connectivity index (χ2n) is 4.73. The van der Waals surface area contributed by atoms with E-state index < -0.39 is 26.7 Å². The van der Waals surface area contributed by atoms with Gasteiger partial charge in [-0.2, -0.15) is 0 Å². The van der Waals surface area contributed by atoms with Crippen LogP contribution in [-0.2, 0) is 10.0 Å². The summed E-state index contributed by atoms with van der Waals surface area (Å²) in [6.07, 6.45) is 1.34. The van der Waals surface area contributed by atoms with Crippen LogP contribution in [0.2, 0.25) is 5.02 Å². The first-order chi connectivity index (χ1) is 11.3. The van der Waals surface area contributed by atoms with Crippen LogP contribution in [0.25, 0.3) is 0 Å². The van der Waals surface area contributed by atoms with Crippen LogP contribution in [0.1, 0.15) is 10.4 Å². The average molecular weight is 369 g/mol. The number of hydrogen-bond donors (Lipinski definition) is 0. The zero-order valence-corrected chi connectivity index (χ0v) is 13.8. The fourth-order valence-corrected chi connectivity index (χ4v) is 3.95. The maximum atomic E-state index is 13.1. The van der Waals surface area contributed by atoms with Gasteiger partial charge in [-0.25, -0.2) is 12.8 Å². The molecule has 2 aromatic rings. The molecule has 0 aliphatic heterocycles. The smallest absolute Gasteiger partial charge is 0.266 e.